The molecule has 0 aliphatic rings. The fourth-order valence-corrected chi connectivity index (χ4v) is 2.33. The fourth-order valence-electron chi connectivity index (χ4n) is 1.87. The lowest BCUT2D eigenvalue weighted by atomic mass is 10.1. The summed E-state index contributed by atoms with van der Waals surface area (Å²) in [5.41, 5.74) is 2.46. The summed E-state index contributed by atoms with van der Waals surface area (Å²) in [5, 5.41) is 5.36. The van der Waals surface area contributed by atoms with Crippen LogP contribution in [-0.4, -0.2) is 18.6 Å². The van der Waals surface area contributed by atoms with Crippen LogP contribution in [0.2, 0.25) is 10.0 Å². The summed E-state index contributed by atoms with van der Waals surface area (Å²) >= 11 is 12.4. The number of nitrogens with one attached hydrogen (secondary N) is 1. The van der Waals surface area contributed by atoms with Crippen molar-refractivity contribution in [1.82, 2.24) is 4.98 Å². The highest BCUT2D eigenvalue weighted by Gasteiger charge is 2.11. The third-order valence-corrected chi connectivity index (χ3v) is 3.19. The first-order valence-electron chi connectivity index (χ1n) is 5.67. The number of hydrogen-bond donors (Lipinski definition) is 1. The maximum absolute atomic E-state index is 6.23. The molecule has 2 aromatic rings. The van der Waals surface area contributed by atoms with Gasteiger partial charge in [-0.2, -0.15) is 0 Å². The lowest BCUT2D eigenvalue weighted by Crippen LogP contribution is -2.02. The quantitative estimate of drug-likeness (QED) is 0.917. The summed E-state index contributed by atoms with van der Waals surface area (Å²) < 4.78 is 5.11. The Morgan fingerprint density at radius 2 is 2.00 bits per heavy atom. The van der Waals surface area contributed by atoms with Gasteiger partial charge in [-0.25, -0.2) is 4.98 Å². The average Bonchev–Trinajstić information content (AvgIpc) is 2.34. The first-order chi connectivity index (χ1) is 8.67. The van der Waals surface area contributed by atoms with E-state index >= 15 is 0 Å². The SMILES string of the molecule is CCNc1cc(COC)nc2c(Cl)ccc(Cl)c12. The summed E-state index contributed by atoms with van der Waals surface area (Å²) in [6, 6.07) is 5.48. The van der Waals surface area contributed by atoms with Crippen LogP contribution >= 0.6 is 23.2 Å². The summed E-state index contributed by atoms with van der Waals surface area (Å²) in [5.74, 6) is 0. The number of fused-ring (bicyclic) bond motifs is 1. The lowest BCUT2D eigenvalue weighted by Gasteiger charge is -2.12. The number of rotatable bonds is 4. The molecule has 0 saturated heterocycles. The lowest BCUT2D eigenvalue weighted by molar-refractivity contribution is 0.182. The summed E-state index contributed by atoms with van der Waals surface area (Å²) in [6.45, 7) is 3.27. The van der Waals surface area contributed by atoms with Crippen molar-refractivity contribution in [2.45, 2.75) is 13.5 Å². The summed E-state index contributed by atoms with van der Waals surface area (Å²) in [6.07, 6.45) is 0. The molecule has 96 valence electrons. The van der Waals surface area contributed by atoms with E-state index in [0.717, 1.165) is 23.3 Å². The Balaban J connectivity index is 2.72. The Bertz CT molecular complexity index is 572. The van der Waals surface area contributed by atoms with Crippen LogP contribution in [0.1, 0.15) is 12.6 Å². The van der Waals surface area contributed by atoms with Gasteiger partial charge in [0.05, 0.1) is 27.9 Å². The van der Waals surface area contributed by atoms with E-state index in [1.54, 1.807) is 19.2 Å². The molecule has 0 spiro atoms. The van der Waals surface area contributed by atoms with Crippen molar-refractivity contribution in [2.24, 2.45) is 0 Å². The molecule has 0 fully saturated rings. The summed E-state index contributed by atoms with van der Waals surface area (Å²) in [7, 11) is 1.64. The molecule has 1 N–H and O–H groups in total. The molecular weight excluding hydrogens is 271 g/mol. The predicted molar refractivity (Wildman–Crippen MR) is 76.6 cm³/mol. The van der Waals surface area contributed by atoms with Gasteiger partial charge in [0.1, 0.15) is 0 Å². The largest absolute Gasteiger partial charge is 0.385 e. The van der Waals surface area contributed by atoms with Crippen LogP contribution in [0.15, 0.2) is 18.2 Å². The topological polar surface area (TPSA) is 34.1 Å². The maximum Gasteiger partial charge on any atom is 0.0928 e. The molecule has 1 aromatic carbocycles. The number of pyridine rings is 1. The number of aromatic nitrogens is 1. The second-order valence-electron chi connectivity index (χ2n) is 3.88. The molecule has 0 saturated carbocycles. The van der Waals surface area contributed by atoms with Crippen LogP contribution in [0, 0.1) is 0 Å². The molecule has 2 rings (SSSR count). The Kier molecular flexibility index (Phi) is 4.27. The molecule has 1 aromatic heterocycles. The zero-order valence-electron chi connectivity index (χ0n) is 10.3. The number of ether oxygens (including phenoxy) is 1. The van der Waals surface area contributed by atoms with Crippen LogP contribution < -0.4 is 5.32 Å². The highest BCUT2D eigenvalue weighted by molar-refractivity contribution is 6.40. The van der Waals surface area contributed by atoms with E-state index in [2.05, 4.69) is 10.3 Å². The Morgan fingerprint density at radius 3 is 2.67 bits per heavy atom. The highest BCUT2D eigenvalue weighted by atomic mass is 35.5. The van der Waals surface area contributed by atoms with Gasteiger partial charge in [-0.05, 0) is 25.1 Å². The monoisotopic (exact) mass is 284 g/mol. The van der Waals surface area contributed by atoms with Crippen molar-refractivity contribution in [3.63, 3.8) is 0 Å². The summed E-state index contributed by atoms with van der Waals surface area (Å²) in [4.78, 5) is 4.49. The maximum atomic E-state index is 6.23. The standard InChI is InChI=1S/C13H14Cl2N2O/c1-3-16-11-6-8(7-18-2)17-13-10(15)5-4-9(14)12(11)13/h4-6H,3,7H2,1-2H3,(H,16,17). The van der Waals surface area contributed by atoms with Crippen molar-refractivity contribution in [1.29, 1.82) is 0 Å². The molecule has 0 bridgehead atoms. The van der Waals surface area contributed by atoms with Gasteiger partial charge in [0.2, 0.25) is 0 Å². The second kappa shape index (κ2) is 5.74. The first-order valence-corrected chi connectivity index (χ1v) is 6.43. The molecule has 0 aliphatic heterocycles. The van der Waals surface area contributed by atoms with E-state index in [9.17, 15) is 0 Å². The van der Waals surface area contributed by atoms with Crippen molar-refractivity contribution in [3.05, 3.63) is 33.9 Å². The van der Waals surface area contributed by atoms with E-state index < -0.39 is 0 Å². The van der Waals surface area contributed by atoms with Gasteiger partial charge in [-0.3, -0.25) is 0 Å². The van der Waals surface area contributed by atoms with Crippen LogP contribution in [0.3, 0.4) is 0 Å². The third-order valence-electron chi connectivity index (χ3n) is 2.57. The minimum absolute atomic E-state index is 0.442. The van der Waals surface area contributed by atoms with Gasteiger partial charge < -0.3 is 10.1 Å². The van der Waals surface area contributed by atoms with Crippen LogP contribution in [0.5, 0.6) is 0 Å². The Morgan fingerprint density at radius 1 is 1.28 bits per heavy atom. The van der Waals surface area contributed by atoms with E-state index in [-0.39, 0.29) is 0 Å². The third kappa shape index (κ3) is 2.53. The van der Waals surface area contributed by atoms with E-state index in [1.807, 2.05) is 13.0 Å². The van der Waals surface area contributed by atoms with Crippen LogP contribution in [0.25, 0.3) is 10.9 Å². The van der Waals surface area contributed by atoms with Gasteiger partial charge in [0.25, 0.3) is 0 Å². The normalized spacial score (nSPS) is 10.9. The van der Waals surface area contributed by atoms with Crippen molar-refractivity contribution >= 4 is 39.8 Å². The molecule has 1 heterocycles. The van der Waals surface area contributed by atoms with Gasteiger partial charge in [-0.15, -0.1) is 0 Å². The Labute approximate surface area is 116 Å². The molecule has 0 aliphatic carbocycles. The minimum Gasteiger partial charge on any atom is -0.385 e. The molecule has 0 atom stereocenters. The van der Waals surface area contributed by atoms with E-state index in [0.29, 0.717) is 22.2 Å². The molecule has 18 heavy (non-hydrogen) atoms. The predicted octanol–water partition coefficient (Wildman–Crippen LogP) is 4.12. The van der Waals surface area contributed by atoms with Gasteiger partial charge in [0, 0.05) is 24.7 Å². The number of anilines is 1. The molecule has 3 nitrogen and oxygen atoms in total. The van der Waals surface area contributed by atoms with Gasteiger partial charge in [-0.1, -0.05) is 23.2 Å². The number of halogens is 2. The second-order valence-corrected chi connectivity index (χ2v) is 4.69. The van der Waals surface area contributed by atoms with Crippen molar-refractivity contribution in [2.75, 3.05) is 19.0 Å². The zero-order chi connectivity index (χ0) is 13.1. The fraction of sp³-hybridized carbons (Fsp3) is 0.308. The van der Waals surface area contributed by atoms with Gasteiger partial charge in [0.15, 0.2) is 0 Å². The first kappa shape index (κ1) is 13.4. The molecule has 0 amide bonds. The number of methoxy groups -OCH3 is 1. The minimum atomic E-state index is 0.442. The average molecular weight is 285 g/mol. The van der Waals surface area contributed by atoms with Gasteiger partial charge >= 0.3 is 0 Å². The van der Waals surface area contributed by atoms with Crippen LogP contribution in [0.4, 0.5) is 5.69 Å². The number of nitrogens with zero attached hydrogens (tertiary/aromatic N) is 1. The number of benzene rings is 1. The van der Waals surface area contributed by atoms with E-state index in [1.165, 1.54) is 0 Å². The van der Waals surface area contributed by atoms with Crippen molar-refractivity contribution < 1.29 is 4.74 Å². The van der Waals surface area contributed by atoms with Crippen molar-refractivity contribution in [3.8, 4) is 0 Å². The number of hydrogen-bond acceptors (Lipinski definition) is 3. The van der Waals surface area contributed by atoms with Crippen LogP contribution in [-0.2, 0) is 11.3 Å². The molecule has 0 unspecified atom stereocenters. The molecular formula is C13H14Cl2N2O. The smallest absolute Gasteiger partial charge is 0.0928 e. The highest BCUT2D eigenvalue weighted by Crippen LogP contribution is 2.34. The van der Waals surface area contributed by atoms with E-state index in [4.69, 9.17) is 27.9 Å². The molecule has 5 heteroatoms. The zero-order valence-corrected chi connectivity index (χ0v) is 11.8. The molecule has 0 radical (unpaired) electrons. The Hall–Kier alpha value is -1.03.